The molecule has 7 nitrogen and oxygen atoms in total. The Morgan fingerprint density at radius 1 is 0.949 bits per heavy atom. The van der Waals surface area contributed by atoms with Crippen molar-refractivity contribution in [2.24, 2.45) is 11.8 Å². The molecule has 8 heteroatoms. The lowest BCUT2D eigenvalue weighted by molar-refractivity contribution is -0.0744. The van der Waals surface area contributed by atoms with Crippen molar-refractivity contribution in [2.45, 2.75) is 119 Å². The average Bonchev–Trinajstić information content (AvgIpc) is 3.89. The number of benzene rings is 1. The van der Waals surface area contributed by atoms with E-state index >= 15 is 0 Å². The lowest BCUT2D eigenvalue weighted by atomic mass is 9.91. The molecular weight excluding hydrogens is 512 g/mol. The van der Waals surface area contributed by atoms with E-state index in [1.807, 2.05) is 11.0 Å². The number of hydrogen-bond donors (Lipinski definition) is 0. The van der Waals surface area contributed by atoms with Gasteiger partial charge in [0.15, 0.2) is 0 Å². The van der Waals surface area contributed by atoms with Crippen LogP contribution in [0.2, 0.25) is 0 Å². The Kier molecular flexibility index (Phi) is 9.55. The van der Waals surface area contributed by atoms with Crippen molar-refractivity contribution in [1.29, 1.82) is 0 Å². The number of carbonyl (C=O) groups is 1. The summed E-state index contributed by atoms with van der Waals surface area (Å²) >= 11 is 0. The van der Waals surface area contributed by atoms with Crippen LogP contribution in [-0.4, -0.2) is 67.7 Å². The molecule has 1 aromatic rings. The average molecular weight is 561 g/mol. The summed E-state index contributed by atoms with van der Waals surface area (Å²) in [5.74, 6) is 1.25. The summed E-state index contributed by atoms with van der Waals surface area (Å²) < 4.78 is 41.9. The van der Waals surface area contributed by atoms with Gasteiger partial charge >= 0.3 is 6.09 Å². The molecule has 0 N–H and O–H groups in total. The Labute approximate surface area is 235 Å². The Morgan fingerprint density at radius 2 is 1.64 bits per heavy atom. The Bertz CT molecular complexity index is 1030. The number of hydrogen-bond acceptors (Lipinski definition) is 5. The Hall–Kier alpha value is -1.64. The first-order chi connectivity index (χ1) is 18.9. The molecule has 4 aliphatic rings. The van der Waals surface area contributed by atoms with Crippen LogP contribution in [-0.2, 0) is 19.5 Å². The molecular formula is C31H48N2O5S. The lowest BCUT2D eigenvalue weighted by Gasteiger charge is -2.44. The van der Waals surface area contributed by atoms with Crippen molar-refractivity contribution in [3.8, 4) is 0 Å². The molecule has 39 heavy (non-hydrogen) atoms. The van der Waals surface area contributed by atoms with Gasteiger partial charge in [-0.15, -0.1) is 0 Å². The minimum absolute atomic E-state index is 0.227. The van der Waals surface area contributed by atoms with Gasteiger partial charge in [-0.1, -0.05) is 82.9 Å². The molecule has 1 amide bonds. The van der Waals surface area contributed by atoms with E-state index < -0.39 is 21.7 Å². The minimum Gasteiger partial charge on any atom is -0.441 e. The van der Waals surface area contributed by atoms with Crippen molar-refractivity contribution in [1.82, 2.24) is 9.21 Å². The first-order valence-electron chi connectivity index (χ1n) is 15.6. The van der Waals surface area contributed by atoms with Crippen molar-refractivity contribution in [2.75, 3.05) is 26.3 Å². The van der Waals surface area contributed by atoms with E-state index in [1.165, 1.54) is 44.9 Å². The number of likely N-dealkylation sites (tertiary alicyclic amines) is 1. The van der Waals surface area contributed by atoms with E-state index in [1.54, 1.807) is 28.6 Å². The monoisotopic (exact) mass is 560 g/mol. The number of carbonyl (C=O) groups excluding carboxylic acids is 1. The van der Waals surface area contributed by atoms with Crippen LogP contribution >= 0.6 is 0 Å². The van der Waals surface area contributed by atoms with E-state index in [0.717, 1.165) is 45.2 Å². The van der Waals surface area contributed by atoms with E-state index in [9.17, 15) is 13.2 Å². The van der Waals surface area contributed by atoms with Gasteiger partial charge in [-0.05, 0) is 56.1 Å². The first kappa shape index (κ1) is 28.9. The quantitative estimate of drug-likeness (QED) is 0.262. The second kappa shape index (κ2) is 12.9. The van der Waals surface area contributed by atoms with Crippen LogP contribution in [0.25, 0.3) is 0 Å². The van der Waals surface area contributed by atoms with E-state index in [4.69, 9.17) is 9.47 Å². The number of amides is 1. The van der Waals surface area contributed by atoms with Crippen molar-refractivity contribution < 1.29 is 22.7 Å². The fourth-order valence-corrected chi connectivity index (χ4v) is 8.44. The second-order valence-electron chi connectivity index (χ2n) is 12.5. The third kappa shape index (κ3) is 7.17. The normalized spacial score (nSPS) is 25.9. The van der Waals surface area contributed by atoms with E-state index in [-0.39, 0.29) is 18.7 Å². The highest BCUT2D eigenvalue weighted by Gasteiger charge is 2.60. The second-order valence-corrected chi connectivity index (χ2v) is 14.3. The number of nitrogens with zero attached hydrogens (tertiary/aromatic N) is 2. The molecule has 2 saturated carbocycles. The maximum atomic E-state index is 14.0. The van der Waals surface area contributed by atoms with E-state index in [2.05, 4.69) is 6.92 Å². The van der Waals surface area contributed by atoms with Crippen molar-refractivity contribution in [3.63, 3.8) is 0 Å². The number of unbranched alkanes of at least 4 members (excludes halogenated alkanes) is 5. The summed E-state index contributed by atoms with van der Waals surface area (Å²) in [5.41, 5.74) is -0.795. The van der Waals surface area contributed by atoms with Gasteiger partial charge in [0.1, 0.15) is 5.60 Å². The predicted molar refractivity (Wildman–Crippen MR) is 152 cm³/mol. The summed E-state index contributed by atoms with van der Waals surface area (Å²) in [5, 5.41) is 0. The Morgan fingerprint density at radius 3 is 2.31 bits per heavy atom. The third-order valence-corrected chi connectivity index (χ3v) is 11.3. The van der Waals surface area contributed by atoms with Gasteiger partial charge in [0.25, 0.3) is 0 Å². The number of sulfonamides is 1. The van der Waals surface area contributed by atoms with Crippen LogP contribution in [0.4, 0.5) is 4.79 Å². The number of ether oxygens (including phenoxy) is 2. The van der Waals surface area contributed by atoms with Crippen LogP contribution < -0.4 is 0 Å². The minimum atomic E-state index is -3.76. The van der Waals surface area contributed by atoms with Gasteiger partial charge in [0, 0.05) is 19.1 Å². The van der Waals surface area contributed by atoms with Crippen molar-refractivity contribution in [3.05, 3.63) is 30.3 Å². The van der Waals surface area contributed by atoms with E-state index in [0.29, 0.717) is 36.2 Å². The highest BCUT2D eigenvalue weighted by molar-refractivity contribution is 7.89. The number of piperidine rings is 1. The largest absolute Gasteiger partial charge is 0.441 e. The molecule has 2 heterocycles. The molecule has 0 spiro atoms. The highest BCUT2D eigenvalue weighted by atomic mass is 32.2. The number of rotatable bonds is 13. The van der Waals surface area contributed by atoms with Gasteiger partial charge in [0.2, 0.25) is 10.0 Å². The molecule has 0 bridgehead atoms. The molecule has 0 aromatic heterocycles. The van der Waals surface area contributed by atoms with Gasteiger partial charge in [-0.2, -0.15) is 4.31 Å². The zero-order chi connectivity index (χ0) is 27.3. The molecule has 1 aromatic carbocycles. The van der Waals surface area contributed by atoms with Gasteiger partial charge in [0.05, 0.1) is 24.2 Å². The molecule has 2 aliphatic heterocycles. The highest BCUT2D eigenvalue weighted by Crippen LogP contribution is 2.49. The summed E-state index contributed by atoms with van der Waals surface area (Å²) in [6, 6.07) is 7.97. The zero-order valence-corrected chi connectivity index (χ0v) is 24.6. The summed E-state index contributed by atoms with van der Waals surface area (Å²) in [4.78, 5) is 15.5. The number of morpholine rings is 1. The fraction of sp³-hybridized carbons (Fsp3) is 0.774. The summed E-state index contributed by atoms with van der Waals surface area (Å²) in [7, 11) is -3.76. The lowest BCUT2D eigenvalue weighted by Crippen LogP contribution is -2.61. The van der Waals surface area contributed by atoms with Crippen LogP contribution in [0, 0.1) is 11.8 Å². The maximum Gasteiger partial charge on any atom is 0.410 e. The molecule has 2 aliphatic carbocycles. The molecule has 218 valence electrons. The SMILES string of the molecule is CCCCCCCCC1CCN(C(=O)OC2(C3COCC(CC4CC4)N3S(=O)(=O)c3ccccc3)CC2)CC1. The van der Waals surface area contributed by atoms with Crippen LogP contribution in [0.1, 0.15) is 96.8 Å². The molecule has 2 atom stereocenters. The van der Waals surface area contributed by atoms with Crippen LogP contribution in [0.5, 0.6) is 0 Å². The van der Waals surface area contributed by atoms with Crippen LogP contribution in [0.15, 0.2) is 35.2 Å². The van der Waals surface area contributed by atoms with Gasteiger partial charge in [-0.3, -0.25) is 0 Å². The summed E-state index contributed by atoms with van der Waals surface area (Å²) in [6.45, 7) is 4.37. The third-order valence-electron chi connectivity index (χ3n) is 9.35. The van der Waals surface area contributed by atoms with Crippen LogP contribution in [0.3, 0.4) is 0 Å². The topological polar surface area (TPSA) is 76.2 Å². The molecule has 2 saturated heterocycles. The maximum absolute atomic E-state index is 14.0. The molecule has 0 radical (unpaired) electrons. The van der Waals surface area contributed by atoms with Gasteiger partial charge < -0.3 is 14.4 Å². The summed E-state index contributed by atoms with van der Waals surface area (Å²) in [6.07, 6.45) is 15.4. The van der Waals surface area contributed by atoms with Crippen molar-refractivity contribution >= 4 is 16.1 Å². The Balaban J connectivity index is 1.20. The van der Waals surface area contributed by atoms with Gasteiger partial charge in [-0.25, -0.2) is 13.2 Å². The molecule has 4 fully saturated rings. The first-order valence-corrected chi connectivity index (χ1v) is 17.0. The smallest absolute Gasteiger partial charge is 0.410 e. The molecule has 2 unspecified atom stereocenters. The standard InChI is InChI=1S/C31H48N2O5S/c1-2-3-4-5-6-8-11-25-16-20-32(21-17-25)30(34)38-31(18-19-31)29-24-37-23-27(22-26-14-15-26)33(29)39(35,36)28-12-9-7-10-13-28/h7,9-10,12-13,25-27,29H,2-6,8,11,14-24H2,1H3. The predicted octanol–water partition coefficient (Wildman–Crippen LogP) is 6.38. The molecule has 5 rings (SSSR count). The fourth-order valence-electron chi connectivity index (χ4n) is 6.57. The zero-order valence-electron chi connectivity index (χ0n) is 23.8.